The number of carbonyl (C=O) groups is 1. The molecule has 0 atom stereocenters. The van der Waals surface area contributed by atoms with Crippen LogP contribution in [0.1, 0.15) is 35.2 Å². The van der Waals surface area contributed by atoms with Gasteiger partial charge in [-0.3, -0.25) is 4.79 Å². The normalized spacial score (nSPS) is 14.1. The minimum absolute atomic E-state index is 0.271. The minimum Gasteiger partial charge on any atom is -0.294 e. The number of hydrogen-bond acceptors (Lipinski definition) is 1. The number of aryl methyl sites for hydroxylation is 1. The van der Waals surface area contributed by atoms with E-state index in [4.69, 9.17) is 0 Å². The molecule has 0 saturated carbocycles. The number of ketones is 1. The Morgan fingerprint density at radius 2 is 1.07 bits per heavy atom. The van der Waals surface area contributed by atoms with E-state index in [1.807, 2.05) is 6.07 Å². The maximum Gasteiger partial charge on any atom is 0.163 e. The minimum atomic E-state index is 0.271. The Balaban J connectivity index is 1.32. The Labute approximate surface area is 233 Å². The third-order valence-corrected chi connectivity index (χ3v) is 8.75. The van der Waals surface area contributed by atoms with E-state index in [0.717, 1.165) is 24.8 Å². The summed E-state index contributed by atoms with van der Waals surface area (Å²) in [6.07, 6.45) is 8.50. The van der Waals surface area contributed by atoms with Crippen molar-refractivity contribution in [3.8, 4) is 33.4 Å². The van der Waals surface area contributed by atoms with E-state index in [-0.39, 0.29) is 5.78 Å². The molecule has 0 spiro atoms. The highest BCUT2D eigenvalue weighted by molar-refractivity contribution is 6.15. The van der Waals surface area contributed by atoms with Gasteiger partial charge in [0.25, 0.3) is 0 Å². The van der Waals surface area contributed by atoms with Crippen LogP contribution in [-0.2, 0) is 6.42 Å². The van der Waals surface area contributed by atoms with Crippen LogP contribution in [0.25, 0.3) is 67.1 Å². The molecular formula is C39H28O. The molecule has 40 heavy (non-hydrogen) atoms. The van der Waals surface area contributed by atoms with Gasteiger partial charge in [0, 0.05) is 12.0 Å². The topological polar surface area (TPSA) is 17.1 Å². The van der Waals surface area contributed by atoms with Gasteiger partial charge in [-0.25, -0.2) is 0 Å². The van der Waals surface area contributed by atoms with Gasteiger partial charge in [0.1, 0.15) is 0 Å². The fraction of sp³-hybridized carbons (Fsp3) is 0.103. The van der Waals surface area contributed by atoms with E-state index >= 15 is 0 Å². The molecule has 2 aliphatic carbocycles. The average molecular weight is 513 g/mol. The zero-order valence-electron chi connectivity index (χ0n) is 22.3. The van der Waals surface area contributed by atoms with Gasteiger partial charge in [-0.2, -0.15) is 0 Å². The predicted molar refractivity (Wildman–Crippen MR) is 168 cm³/mol. The number of carbonyl (C=O) groups excluding carboxylic acids is 1. The Hall–Kier alpha value is -4.75. The van der Waals surface area contributed by atoms with Crippen molar-refractivity contribution in [1.29, 1.82) is 0 Å². The van der Waals surface area contributed by atoms with Gasteiger partial charge in [-0.05, 0) is 102 Å². The first-order valence-electron chi connectivity index (χ1n) is 14.3. The fourth-order valence-electron chi connectivity index (χ4n) is 6.76. The summed E-state index contributed by atoms with van der Waals surface area (Å²) in [6, 6.07) is 39.7. The van der Waals surface area contributed by atoms with Crippen molar-refractivity contribution in [2.24, 2.45) is 0 Å². The second-order valence-corrected chi connectivity index (χ2v) is 11.0. The number of Topliss-reactive ketones (excluding diaryl/α,β-unsaturated/α-hetero) is 1. The molecule has 0 aromatic heterocycles. The van der Waals surface area contributed by atoms with Crippen LogP contribution in [0.4, 0.5) is 0 Å². The lowest BCUT2D eigenvalue weighted by Crippen LogP contribution is -2.29. The van der Waals surface area contributed by atoms with Crippen molar-refractivity contribution in [3.63, 3.8) is 0 Å². The van der Waals surface area contributed by atoms with Crippen LogP contribution in [0.15, 0.2) is 109 Å². The molecule has 0 heterocycles. The monoisotopic (exact) mass is 512 g/mol. The molecule has 0 bridgehead atoms. The van der Waals surface area contributed by atoms with Gasteiger partial charge in [0.15, 0.2) is 5.78 Å². The molecule has 1 nitrogen and oxygen atoms in total. The molecule has 6 aromatic carbocycles. The maximum atomic E-state index is 12.1. The van der Waals surface area contributed by atoms with Gasteiger partial charge >= 0.3 is 0 Å². The number of rotatable bonds is 3. The molecule has 2 aliphatic rings. The summed E-state index contributed by atoms with van der Waals surface area (Å²) in [6.45, 7) is 0. The standard InChI is InChI=1S/C39H28O/c40-39-21-19-29-22-28(18-20-30(29)39)25-14-16-27(17-15-25)36-24-38-33-12-6-4-10-31(33)35(26-8-2-1-3-9-26)23-37(38)34-13-7-5-11-32(34)36/h1-3,5,7-18,20,22-24H,4,6,19,21H2. The number of hydrogen-bond donors (Lipinski definition) is 0. The summed E-state index contributed by atoms with van der Waals surface area (Å²) < 4.78 is 0. The van der Waals surface area contributed by atoms with Gasteiger partial charge in [0.05, 0.1) is 0 Å². The smallest absolute Gasteiger partial charge is 0.163 e. The molecular weight excluding hydrogens is 484 g/mol. The summed E-state index contributed by atoms with van der Waals surface area (Å²) in [5.41, 5.74) is 9.52. The van der Waals surface area contributed by atoms with E-state index < -0.39 is 0 Å². The maximum absolute atomic E-state index is 12.1. The molecule has 0 amide bonds. The highest BCUT2D eigenvalue weighted by atomic mass is 16.1. The Morgan fingerprint density at radius 3 is 1.90 bits per heavy atom. The molecule has 190 valence electrons. The first kappa shape index (κ1) is 23.2. The second kappa shape index (κ2) is 9.17. The van der Waals surface area contributed by atoms with Crippen molar-refractivity contribution in [2.45, 2.75) is 25.7 Å². The second-order valence-electron chi connectivity index (χ2n) is 11.0. The van der Waals surface area contributed by atoms with Gasteiger partial charge in [-0.15, -0.1) is 0 Å². The lowest BCUT2D eigenvalue weighted by atomic mass is 9.87. The molecule has 1 heteroatoms. The van der Waals surface area contributed by atoms with E-state index in [1.54, 1.807) is 0 Å². The molecule has 0 N–H and O–H groups in total. The van der Waals surface area contributed by atoms with Crippen molar-refractivity contribution in [2.75, 3.05) is 0 Å². The largest absolute Gasteiger partial charge is 0.294 e. The third kappa shape index (κ3) is 3.66. The van der Waals surface area contributed by atoms with E-state index in [2.05, 4.69) is 115 Å². The Morgan fingerprint density at radius 1 is 0.425 bits per heavy atom. The van der Waals surface area contributed by atoms with Crippen molar-refractivity contribution < 1.29 is 4.79 Å². The van der Waals surface area contributed by atoms with Crippen molar-refractivity contribution in [3.05, 3.63) is 131 Å². The summed E-state index contributed by atoms with van der Waals surface area (Å²) in [4.78, 5) is 12.1. The van der Waals surface area contributed by atoms with Crippen LogP contribution >= 0.6 is 0 Å². The van der Waals surface area contributed by atoms with Gasteiger partial charge in [0.2, 0.25) is 0 Å². The highest BCUT2D eigenvalue weighted by Gasteiger charge is 2.19. The van der Waals surface area contributed by atoms with Crippen LogP contribution in [0.3, 0.4) is 0 Å². The van der Waals surface area contributed by atoms with E-state index in [1.165, 1.54) is 70.9 Å². The number of benzene rings is 6. The van der Waals surface area contributed by atoms with E-state index in [0.29, 0.717) is 6.42 Å². The third-order valence-electron chi connectivity index (χ3n) is 8.75. The summed E-state index contributed by atoms with van der Waals surface area (Å²) >= 11 is 0. The average Bonchev–Trinajstić information content (AvgIpc) is 3.40. The van der Waals surface area contributed by atoms with Crippen LogP contribution in [-0.4, -0.2) is 5.78 Å². The van der Waals surface area contributed by atoms with Crippen molar-refractivity contribution >= 4 is 39.5 Å². The van der Waals surface area contributed by atoms with Crippen LogP contribution in [0, 0.1) is 0 Å². The van der Waals surface area contributed by atoms with Crippen LogP contribution < -0.4 is 10.4 Å². The molecule has 6 aromatic rings. The Bertz CT molecular complexity index is 2100. The zero-order valence-corrected chi connectivity index (χ0v) is 22.3. The molecule has 0 radical (unpaired) electrons. The van der Waals surface area contributed by atoms with Gasteiger partial charge in [-0.1, -0.05) is 109 Å². The van der Waals surface area contributed by atoms with Crippen LogP contribution in [0.2, 0.25) is 0 Å². The quantitative estimate of drug-likeness (QED) is 0.217. The molecule has 8 rings (SSSR count). The first-order valence-corrected chi connectivity index (χ1v) is 14.3. The first-order chi connectivity index (χ1) is 19.7. The molecule has 0 unspecified atom stereocenters. The van der Waals surface area contributed by atoms with Crippen molar-refractivity contribution in [1.82, 2.24) is 0 Å². The summed E-state index contributed by atoms with van der Waals surface area (Å²) in [5, 5.41) is 7.92. The fourth-order valence-corrected chi connectivity index (χ4v) is 6.76. The van der Waals surface area contributed by atoms with Crippen LogP contribution in [0.5, 0.6) is 0 Å². The Kier molecular flexibility index (Phi) is 5.31. The van der Waals surface area contributed by atoms with E-state index in [9.17, 15) is 4.79 Å². The number of fused-ring (bicyclic) bond motifs is 6. The molecule has 0 fully saturated rings. The molecule has 0 aliphatic heterocycles. The summed E-state index contributed by atoms with van der Waals surface area (Å²) in [5.74, 6) is 0.271. The highest BCUT2D eigenvalue weighted by Crippen LogP contribution is 2.36. The predicted octanol–water partition coefficient (Wildman–Crippen LogP) is 8.48. The molecule has 0 saturated heterocycles. The summed E-state index contributed by atoms with van der Waals surface area (Å²) in [7, 11) is 0. The SMILES string of the molecule is O=C1CCc2cc(-c3ccc(-c4cc5c6c(c(-c7ccccc7)cc5c5ccccc45)=CCCC=6)cc3)ccc21. The lowest BCUT2D eigenvalue weighted by molar-refractivity contribution is 0.0994. The lowest BCUT2D eigenvalue weighted by Gasteiger charge is -2.16. The zero-order chi connectivity index (χ0) is 26.6. The van der Waals surface area contributed by atoms with Gasteiger partial charge < -0.3 is 0 Å².